The molecule has 7 nitrogen and oxygen atoms in total. The highest BCUT2D eigenvalue weighted by Crippen LogP contribution is 2.43. The van der Waals surface area contributed by atoms with Crippen molar-refractivity contribution in [3.63, 3.8) is 0 Å². The predicted molar refractivity (Wildman–Crippen MR) is 121 cm³/mol. The fraction of sp³-hybridized carbons (Fsp3) is 0.391. The molecule has 1 aromatic heterocycles. The number of halogens is 1. The fourth-order valence-corrected chi connectivity index (χ4v) is 4.51. The second-order valence-corrected chi connectivity index (χ2v) is 8.77. The number of rotatable bonds is 4. The zero-order valence-corrected chi connectivity index (χ0v) is 18.8. The molecule has 1 aliphatic rings. The molecule has 3 aromatic rings. The molecule has 162 valence electrons. The standard InChI is InChI=1S/C23H27ClN6O/c1-16-12-14-23(15-13-16,29(3)22(31)25-18-8-5-4-6-9-18)21-26-27-28-30(21)20-11-7-10-19(24)17(20)2/h4-11,16H,12-15H2,1-3H3,(H,25,31). The molecular weight excluding hydrogens is 412 g/mol. The van der Waals surface area contributed by atoms with Gasteiger partial charge in [0.2, 0.25) is 0 Å². The Morgan fingerprint density at radius 1 is 1.16 bits per heavy atom. The van der Waals surface area contributed by atoms with Gasteiger partial charge < -0.3 is 10.2 Å². The molecule has 31 heavy (non-hydrogen) atoms. The van der Waals surface area contributed by atoms with Gasteiger partial charge in [0.25, 0.3) is 0 Å². The molecule has 0 aliphatic heterocycles. The van der Waals surface area contributed by atoms with E-state index in [4.69, 9.17) is 11.6 Å². The number of para-hydroxylation sites is 1. The summed E-state index contributed by atoms with van der Waals surface area (Å²) in [4.78, 5) is 15.1. The van der Waals surface area contributed by atoms with E-state index < -0.39 is 5.54 Å². The summed E-state index contributed by atoms with van der Waals surface area (Å²) in [6.07, 6.45) is 3.55. The number of benzene rings is 2. The van der Waals surface area contributed by atoms with E-state index in [9.17, 15) is 4.79 Å². The molecule has 1 saturated carbocycles. The third-order valence-electron chi connectivity index (χ3n) is 6.43. The second kappa shape index (κ2) is 8.67. The van der Waals surface area contributed by atoms with Crippen LogP contribution >= 0.6 is 11.6 Å². The van der Waals surface area contributed by atoms with Gasteiger partial charge in [-0.1, -0.05) is 42.8 Å². The van der Waals surface area contributed by atoms with Crippen LogP contribution in [0.4, 0.5) is 10.5 Å². The van der Waals surface area contributed by atoms with Gasteiger partial charge >= 0.3 is 6.03 Å². The van der Waals surface area contributed by atoms with Gasteiger partial charge in [-0.2, -0.15) is 4.68 Å². The topological polar surface area (TPSA) is 75.9 Å². The minimum absolute atomic E-state index is 0.182. The number of nitrogens with zero attached hydrogens (tertiary/aromatic N) is 5. The first-order valence-corrected chi connectivity index (χ1v) is 10.9. The molecule has 2 aromatic carbocycles. The molecule has 1 heterocycles. The molecule has 2 amide bonds. The summed E-state index contributed by atoms with van der Waals surface area (Å²) in [6, 6.07) is 15.0. The van der Waals surface area contributed by atoms with Crippen LogP contribution in [-0.2, 0) is 5.54 Å². The zero-order chi connectivity index (χ0) is 22.0. The molecule has 8 heteroatoms. The third-order valence-corrected chi connectivity index (χ3v) is 6.84. The molecule has 1 fully saturated rings. The smallest absolute Gasteiger partial charge is 0.315 e. The van der Waals surface area contributed by atoms with Gasteiger partial charge in [-0.3, -0.25) is 0 Å². The second-order valence-electron chi connectivity index (χ2n) is 8.37. The third kappa shape index (κ3) is 4.02. The van der Waals surface area contributed by atoms with Crippen LogP contribution < -0.4 is 5.32 Å². The number of tetrazole rings is 1. The van der Waals surface area contributed by atoms with E-state index in [1.54, 1.807) is 9.58 Å². The highest BCUT2D eigenvalue weighted by atomic mass is 35.5. The Balaban J connectivity index is 1.75. The van der Waals surface area contributed by atoms with Crippen molar-refractivity contribution in [1.29, 1.82) is 0 Å². The van der Waals surface area contributed by atoms with Crippen LogP contribution in [0.5, 0.6) is 0 Å². The summed E-state index contributed by atoms with van der Waals surface area (Å²) in [7, 11) is 1.83. The Hall–Kier alpha value is -2.93. The number of amides is 2. The van der Waals surface area contributed by atoms with Crippen LogP contribution in [0.25, 0.3) is 5.69 Å². The number of urea groups is 1. The lowest BCUT2D eigenvalue weighted by Gasteiger charge is -2.44. The van der Waals surface area contributed by atoms with Gasteiger partial charge in [0.1, 0.15) is 5.54 Å². The number of carbonyl (C=O) groups is 1. The molecule has 0 spiro atoms. The van der Waals surface area contributed by atoms with E-state index in [0.717, 1.165) is 42.6 Å². The molecule has 0 radical (unpaired) electrons. The number of anilines is 1. The first-order chi connectivity index (χ1) is 14.9. The summed E-state index contributed by atoms with van der Waals surface area (Å²) in [6.45, 7) is 4.20. The quantitative estimate of drug-likeness (QED) is 0.607. The molecular formula is C23H27ClN6O. The Bertz CT molecular complexity index is 1060. The van der Waals surface area contributed by atoms with E-state index in [1.807, 2.05) is 62.5 Å². The van der Waals surface area contributed by atoms with Gasteiger partial charge in [-0.05, 0) is 78.8 Å². The van der Waals surface area contributed by atoms with E-state index >= 15 is 0 Å². The number of hydrogen-bond donors (Lipinski definition) is 1. The zero-order valence-electron chi connectivity index (χ0n) is 18.0. The Labute approximate surface area is 187 Å². The van der Waals surface area contributed by atoms with E-state index in [0.29, 0.717) is 16.8 Å². The number of nitrogens with one attached hydrogen (secondary N) is 1. The lowest BCUT2D eigenvalue weighted by Crippen LogP contribution is -2.52. The van der Waals surface area contributed by atoms with Crippen molar-refractivity contribution in [3.05, 3.63) is 64.9 Å². The molecule has 0 bridgehead atoms. The van der Waals surface area contributed by atoms with Gasteiger partial charge in [0, 0.05) is 17.8 Å². The maximum atomic E-state index is 13.3. The molecule has 1 N–H and O–H groups in total. The van der Waals surface area contributed by atoms with Crippen LogP contribution in [-0.4, -0.2) is 38.2 Å². The normalized spacial score (nSPS) is 21.0. The molecule has 0 unspecified atom stereocenters. The summed E-state index contributed by atoms with van der Waals surface area (Å²) in [5.74, 6) is 1.26. The van der Waals surface area contributed by atoms with Crippen molar-refractivity contribution in [2.45, 2.75) is 45.1 Å². The largest absolute Gasteiger partial charge is 0.322 e. The molecule has 0 atom stereocenters. The Morgan fingerprint density at radius 2 is 1.87 bits per heavy atom. The monoisotopic (exact) mass is 438 g/mol. The number of carbonyl (C=O) groups excluding carboxylic acids is 1. The van der Waals surface area contributed by atoms with Crippen molar-refractivity contribution >= 4 is 23.3 Å². The maximum absolute atomic E-state index is 13.3. The van der Waals surface area contributed by atoms with E-state index in [-0.39, 0.29) is 6.03 Å². The van der Waals surface area contributed by atoms with Crippen molar-refractivity contribution in [2.24, 2.45) is 5.92 Å². The molecule has 1 aliphatic carbocycles. The SMILES string of the molecule is Cc1c(Cl)cccc1-n1nnnc1C1(N(C)C(=O)Nc2ccccc2)CCC(C)CC1. The van der Waals surface area contributed by atoms with Crippen molar-refractivity contribution in [3.8, 4) is 5.69 Å². The van der Waals surface area contributed by atoms with Gasteiger partial charge in [-0.15, -0.1) is 5.10 Å². The number of aromatic nitrogens is 4. The first kappa shape index (κ1) is 21.3. The summed E-state index contributed by atoms with van der Waals surface area (Å²) in [5, 5.41) is 16.4. The Kier molecular flexibility index (Phi) is 5.96. The van der Waals surface area contributed by atoms with Gasteiger partial charge in [-0.25, -0.2) is 4.79 Å². The van der Waals surface area contributed by atoms with Gasteiger partial charge in [0.05, 0.1) is 5.69 Å². The average Bonchev–Trinajstić information content (AvgIpc) is 3.27. The lowest BCUT2D eigenvalue weighted by atomic mass is 9.75. The van der Waals surface area contributed by atoms with Crippen LogP contribution in [0.3, 0.4) is 0 Å². The lowest BCUT2D eigenvalue weighted by molar-refractivity contribution is 0.0786. The molecule has 0 saturated heterocycles. The number of hydrogen-bond acceptors (Lipinski definition) is 4. The van der Waals surface area contributed by atoms with Crippen molar-refractivity contribution < 1.29 is 4.79 Å². The van der Waals surface area contributed by atoms with Crippen LogP contribution in [0, 0.1) is 12.8 Å². The summed E-state index contributed by atoms with van der Waals surface area (Å²) in [5.41, 5.74) is 1.85. The Morgan fingerprint density at radius 3 is 2.58 bits per heavy atom. The average molecular weight is 439 g/mol. The molecule has 4 rings (SSSR count). The van der Waals surface area contributed by atoms with E-state index in [2.05, 4.69) is 27.8 Å². The van der Waals surface area contributed by atoms with Crippen LogP contribution in [0.2, 0.25) is 5.02 Å². The summed E-state index contributed by atoms with van der Waals surface area (Å²) < 4.78 is 1.74. The van der Waals surface area contributed by atoms with Crippen LogP contribution in [0.1, 0.15) is 44.0 Å². The highest BCUT2D eigenvalue weighted by Gasteiger charge is 2.46. The van der Waals surface area contributed by atoms with Crippen LogP contribution in [0.15, 0.2) is 48.5 Å². The fourth-order valence-electron chi connectivity index (χ4n) is 4.34. The first-order valence-electron chi connectivity index (χ1n) is 10.6. The minimum Gasteiger partial charge on any atom is -0.315 e. The maximum Gasteiger partial charge on any atom is 0.322 e. The predicted octanol–water partition coefficient (Wildman–Crippen LogP) is 5.19. The van der Waals surface area contributed by atoms with Crippen molar-refractivity contribution in [2.75, 3.05) is 12.4 Å². The van der Waals surface area contributed by atoms with Crippen molar-refractivity contribution in [1.82, 2.24) is 25.1 Å². The summed E-state index contributed by atoms with van der Waals surface area (Å²) >= 11 is 6.37. The highest BCUT2D eigenvalue weighted by molar-refractivity contribution is 6.31. The minimum atomic E-state index is -0.621. The van der Waals surface area contributed by atoms with Gasteiger partial charge in [0.15, 0.2) is 5.82 Å². The van der Waals surface area contributed by atoms with E-state index in [1.165, 1.54) is 0 Å².